The van der Waals surface area contributed by atoms with E-state index in [2.05, 4.69) is 59.6 Å². The zero-order valence-electron chi connectivity index (χ0n) is 31.4. The molecule has 1 saturated carbocycles. The van der Waals surface area contributed by atoms with Crippen molar-refractivity contribution in [3.8, 4) is 17.6 Å². The summed E-state index contributed by atoms with van der Waals surface area (Å²) < 4.78 is 13.1. The summed E-state index contributed by atoms with van der Waals surface area (Å²) in [6, 6.07) is 18.0. The summed E-state index contributed by atoms with van der Waals surface area (Å²) in [5, 5.41) is 23.1. The molecule has 1 aliphatic carbocycles. The highest BCUT2D eigenvalue weighted by Crippen LogP contribution is 2.55. The van der Waals surface area contributed by atoms with Crippen molar-refractivity contribution < 1.29 is 28.7 Å². The molecule has 3 aromatic carbocycles. The molecule has 2 N–H and O–H groups in total. The standard InChI is InChI=1S/C40H41ClN8O7/c1-39(2)37(40(3,4)38(39)56-27-10-7-24(21-42)29(41)20-27)44-34(52)23-5-8-25(9-6-23)47-15-17-48(18-16-47)33(51)22-55-26-11-12-30-28(19-26)36(54)49(46-45-30)31-13-14-32(50)43-35(31)53/h5-12,19-20,31,37-38H,13-18,22H2,1-4H3,(H,44,52)(H,43,50,53)/t31?,37-,38-. The van der Waals surface area contributed by atoms with Crippen LogP contribution in [0.3, 0.4) is 0 Å². The highest BCUT2D eigenvalue weighted by molar-refractivity contribution is 6.31. The van der Waals surface area contributed by atoms with Gasteiger partial charge in [-0.3, -0.25) is 29.3 Å². The van der Waals surface area contributed by atoms with Crippen LogP contribution in [-0.4, -0.2) is 88.5 Å². The van der Waals surface area contributed by atoms with E-state index in [1.807, 2.05) is 12.1 Å². The van der Waals surface area contributed by atoms with Gasteiger partial charge in [-0.1, -0.05) is 44.5 Å². The predicted molar refractivity (Wildman–Crippen MR) is 205 cm³/mol. The number of nitriles is 1. The number of piperazine rings is 1. The van der Waals surface area contributed by atoms with Gasteiger partial charge < -0.3 is 24.6 Å². The number of imide groups is 1. The molecule has 3 heterocycles. The molecule has 1 aromatic heterocycles. The van der Waals surface area contributed by atoms with Crippen LogP contribution in [0.1, 0.15) is 62.5 Å². The summed E-state index contributed by atoms with van der Waals surface area (Å²) in [6.45, 7) is 10.1. The van der Waals surface area contributed by atoms with Crippen molar-refractivity contribution in [2.45, 2.75) is 58.7 Å². The van der Waals surface area contributed by atoms with Crippen molar-refractivity contribution in [2.75, 3.05) is 37.7 Å². The Labute approximate surface area is 327 Å². The van der Waals surface area contributed by atoms with Crippen molar-refractivity contribution >= 4 is 51.8 Å². The lowest BCUT2D eigenvalue weighted by atomic mass is 9.49. The van der Waals surface area contributed by atoms with Gasteiger partial charge in [-0.2, -0.15) is 9.94 Å². The summed E-state index contributed by atoms with van der Waals surface area (Å²) in [5.74, 6) is -0.541. The molecule has 0 bridgehead atoms. The molecule has 0 radical (unpaired) electrons. The number of ether oxygens (including phenoxy) is 2. The van der Waals surface area contributed by atoms with Gasteiger partial charge in [0.2, 0.25) is 5.91 Å². The molecule has 7 rings (SSSR count). The second kappa shape index (κ2) is 14.9. The van der Waals surface area contributed by atoms with Crippen molar-refractivity contribution in [3.05, 3.63) is 87.2 Å². The Hall–Kier alpha value is -6.01. The van der Waals surface area contributed by atoms with E-state index in [4.69, 9.17) is 21.1 Å². The van der Waals surface area contributed by atoms with Crippen LogP contribution in [0.25, 0.3) is 10.9 Å². The second-order valence-corrected chi connectivity index (χ2v) is 15.9. The quantitative estimate of drug-likeness (QED) is 0.236. The fourth-order valence-electron chi connectivity index (χ4n) is 8.33. The zero-order chi connectivity index (χ0) is 39.9. The molecule has 0 spiro atoms. The minimum atomic E-state index is -0.948. The molecular formula is C40H41ClN8O7. The van der Waals surface area contributed by atoms with Gasteiger partial charge in [0.15, 0.2) is 6.61 Å². The van der Waals surface area contributed by atoms with Gasteiger partial charge in [-0.25, -0.2) is 0 Å². The summed E-state index contributed by atoms with van der Waals surface area (Å²) in [4.78, 5) is 67.5. The summed E-state index contributed by atoms with van der Waals surface area (Å²) in [5.41, 5.74) is 0.815. The molecule has 1 atom stereocenters. The maximum Gasteiger partial charge on any atom is 0.278 e. The van der Waals surface area contributed by atoms with Crippen molar-refractivity contribution in [1.82, 2.24) is 30.5 Å². The van der Waals surface area contributed by atoms with Crippen molar-refractivity contribution in [1.29, 1.82) is 5.26 Å². The fourth-order valence-corrected chi connectivity index (χ4v) is 8.54. The van der Waals surface area contributed by atoms with Crippen LogP contribution in [-0.2, 0) is 14.4 Å². The monoisotopic (exact) mass is 780 g/mol. The topological polar surface area (TPSA) is 189 Å². The normalized spacial score (nSPS) is 21.4. The molecule has 3 aliphatic rings. The van der Waals surface area contributed by atoms with Crippen LogP contribution in [0.15, 0.2) is 65.5 Å². The number of fused-ring (bicyclic) bond motifs is 1. The summed E-state index contributed by atoms with van der Waals surface area (Å²) in [6.07, 6.45) is 0.0110. The first-order chi connectivity index (χ1) is 26.7. The number of amides is 4. The van der Waals surface area contributed by atoms with Crippen LogP contribution in [0.2, 0.25) is 5.02 Å². The maximum absolute atomic E-state index is 13.4. The number of hydrogen-bond donors (Lipinski definition) is 2. The SMILES string of the molecule is CC1(C)[C@H](NC(=O)c2ccc(N3CCN(C(=O)COc4ccc5nnn(C6CCC(=O)NC6=O)c(=O)c5c4)CC3)cc2)C(C)(C)[C@H]1Oc1ccc(C#N)c(Cl)c1. The van der Waals surface area contributed by atoms with E-state index < -0.39 is 34.2 Å². The van der Waals surface area contributed by atoms with Gasteiger partial charge in [0, 0.05) is 66.8 Å². The van der Waals surface area contributed by atoms with Crippen LogP contribution >= 0.6 is 11.6 Å². The van der Waals surface area contributed by atoms with E-state index >= 15 is 0 Å². The number of nitrogens with one attached hydrogen (secondary N) is 2. The van der Waals surface area contributed by atoms with Gasteiger partial charge in [0.25, 0.3) is 23.3 Å². The third kappa shape index (κ3) is 7.24. The van der Waals surface area contributed by atoms with Crippen molar-refractivity contribution in [3.63, 3.8) is 0 Å². The summed E-state index contributed by atoms with van der Waals surface area (Å²) in [7, 11) is 0. The van der Waals surface area contributed by atoms with Gasteiger partial charge in [-0.15, -0.1) is 5.10 Å². The van der Waals surface area contributed by atoms with Gasteiger partial charge >= 0.3 is 0 Å². The molecule has 56 heavy (non-hydrogen) atoms. The highest BCUT2D eigenvalue weighted by Gasteiger charge is 2.64. The number of piperidine rings is 1. The number of nitrogens with zero attached hydrogens (tertiary/aromatic N) is 6. The highest BCUT2D eigenvalue weighted by atomic mass is 35.5. The van der Waals surface area contributed by atoms with Gasteiger partial charge in [0.05, 0.1) is 16.0 Å². The first-order valence-corrected chi connectivity index (χ1v) is 18.7. The maximum atomic E-state index is 13.4. The number of rotatable bonds is 9. The molecule has 15 nitrogen and oxygen atoms in total. The van der Waals surface area contributed by atoms with Crippen LogP contribution < -0.4 is 30.6 Å². The molecule has 3 fully saturated rings. The smallest absolute Gasteiger partial charge is 0.278 e. The van der Waals surface area contributed by atoms with E-state index in [1.54, 1.807) is 47.4 Å². The first-order valence-electron chi connectivity index (χ1n) is 18.3. The molecule has 16 heteroatoms. The molecule has 290 valence electrons. The number of aromatic nitrogens is 3. The number of halogens is 1. The Morgan fingerprint density at radius 3 is 2.32 bits per heavy atom. The largest absolute Gasteiger partial charge is 0.489 e. The van der Waals surface area contributed by atoms with E-state index in [1.165, 1.54) is 6.07 Å². The van der Waals surface area contributed by atoms with E-state index in [-0.39, 0.29) is 48.8 Å². The number of hydrogen-bond acceptors (Lipinski definition) is 11. The van der Waals surface area contributed by atoms with Crippen molar-refractivity contribution in [2.24, 2.45) is 10.8 Å². The van der Waals surface area contributed by atoms with Gasteiger partial charge in [0.1, 0.15) is 35.2 Å². The zero-order valence-corrected chi connectivity index (χ0v) is 32.1. The number of anilines is 1. The Bertz CT molecular complexity index is 2310. The third-order valence-corrected chi connectivity index (χ3v) is 11.4. The number of carbonyl (C=O) groups is 4. The molecular weight excluding hydrogens is 740 g/mol. The van der Waals surface area contributed by atoms with E-state index in [0.29, 0.717) is 59.3 Å². The minimum absolute atomic E-state index is 0.0876. The Kier molecular flexibility index (Phi) is 10.2. The lowest BCUT2D eigenvalue weighted by Gasteiger charge is -2.63. The third-order valence-electron chi connectivity index (χ3n) is 11.1. The number of benzene rings is 3. The lowest BCUT2D eigenvalue weighted by molar-refractivity contribution is -0.164. The Morgan fingerprint density at radius 1 is 0.964 bits per heavy atom. The van der Waals surface area contributed by atoms with Gasteiger partial charge in [-0.05, 0) is 61.0 Å². The first kappa shape index (κ1) is 38.3. The second-order valence-electron chi connectivity index (χ2n) is 15.5. The molecule has 4 amide bonds. The molecule has 1 unspecified atom stereocenters. The predicted octanol–water partition coefficient (Wildman–Crippen LogP) is 3.63. The molecule has 2 saturated heterocycles. The minimum Gasteiger partial charge on any atom is -0.489 e. The van der Waals surface area contributed by atoms with E-state index in [0.717, 1.165) is 10.4 Å². The van der Waals surface area contributed by atoms with Crippen LogP contribution in [0.4, 0.5) is 5.69 Å². The summed E-state index contributed by atoms with van der Waals surface area (Å²) >= 11 is 6.23. The Balaban J connectivity index is 0.903. The molecule has 4 aromatic rings. The average Bonchev–Trinajstić information content (AvgIpc) is 3.18. The van der Waals surface area contributed by atoms with E-state index in [9.17, 15) is 29.2 Å². The fraction of sp³-hybridized carbons (Fsp3) is 0.400. The van der Waals surface area contributed by atoms with Crippen LogP contribution in [0.5, 0.6) is 11.5 Å². The Morgan fingerprint density at radius 2 is 1.66 bits per heavy atom. The number of carbonyl (C=O) groups excluding carboxylic acids is 4. The lowest BCUT2D eigenvalue weighted by Crippen LogP contribution is -2.74. The van der Waals surface area contributed by atoms with Crippen LogP contribution in [0, 0.1) is 22.2 Å². The average molecular weight is 781 g/mol. The molecule has 2 aliphatic heterocycles.